The number of hydrogen-bond donors (Lipinski definition) is 1. The van der Waals surface area contributed by atoms with Crippen molar-refractivity contribution in [3.63, 3.8) is 0 Å². The fourth-order valence-corrected chi connectivity index (χ4v) is 8.29. The lowest BCUT2D eigenvalue weighted by Crippen LogP contribution is -2.48. The Balaban J connectivity index is 1.33. The van der Waals surface area contributed by atoms with Gasteiger partial charge in [0.1, 0.15) is 6.10 Å². The van der Waals surface area contributed by atoms with Crippen LogP contribution in [0.1, 0.15) is 71.3 Å². The fraction of sp³-hybridized carbons (Fsp3) is 0.528. The first-order valence-corrected chi connectivity index (χ1v) is 18.2. The number of cyclic esters (lactones) is 1. The average molecular weight is 678 g/mol. The molecule has 1 aromatic heterocycles. The predicted molar refractivity (Wildman–Crippen MR) is 179 cm³/mol. The van der Waals surface area contributed by atoms with Gasteiger partial charge in [-0.05, 0) is 60.1 Å². The Bertz CT molecular complexity index is 1790. The number of sulfonamides is 1. The second-order valence-electron chi connectivity index (χ2n) is 14.6. The number of carbonyl (C=O) groups is 4. The summed E-state index contributed by atoms with van der Waals surface area (Å²) in [7, 11) is -3.83. The maximum absolute atomic E-state index is 14.4. The molecule has 1 aromatic carbocycles. The molecule has 2 aliphatic heterocycles. The topological polar surface area (TPSA) is 149 Å². The van der Waals surface area contributed by atoms with Crippen LogP contribution in [0.5, 0.6) is 5.88 Å². The molecule has 12 heteroatoms. The van der Waals surface area contributed by atoms with Crippen molar-refractivity contribution in [3.05, 3.63) is 54.8 Å². The third-order valence-corrected chi connectivity index (χ3v) is 11.9. The van der Waals surface area contributed by atoms with Crippen molar-refractivity contribution in [2.24, 2.45) is 22.7 Å². The number of Topliss-reactive ketones (excluding diaryl/α,β-unsaturated/α-hetero) is 1. The highest BCUT2D eigenvalue weighted by molar-refractivity contribution is 7.90. The molecule has 2 saturated carbocycles. The molecule has 256 valence electrons. The quantitative estimate of drug-likeness (QED) is 0.333. The minimum atomic E-state index is -3.83. The normalized spacial score (nSPS) is 28.7. The predicted octanol–water partition coefficient (Wildman–Crippen LogP) is 4.36. The first kappa shape index (κ1) is 33.8. The summed E-state index contributed by atoms with van der Waals surface area (Å²) in [5, 5.41) is 1.09. The Kier molecular flexibility index (Phi) is 8.99. The van der Waals surface area contributed by atoms with Gasteiger partial charge in [0, 0.05) is 24.4 Å². The summed E-state index contributed by atoms with van der Waals surface area (Å²) in [4.78, 5) is 61.1. The molecule has 1 N–H and O–H groups in total. The van der Waals surface area contributed by atoms with Crippen molar-refractivity contribution in [2.75, 3.05) is 13.2 Å². The monoisotopic (exact) mass is 677 g/mol. The van der Waals surface area contributed by atoms with Crippen LogP contribution in [0.3, 0.4) is 0 Å². The fourth-order valence-electron chi connectivity index (χ4n) is 6.90. The summed E-state index contributed by atoms with van der Waals surface area (Å²) < 4.78 is 39.5. The summed E-state index contributed by atoms with van der Waals surface area (Å²) in [6.45, 7) is 9.62. The van der Waals surface area contributed by atoms with Crippen molar-refractivity contribution in [1.82, 2.24) is 14.6 Å². The minimum Gasteiger partial charge on any atom is -0.472 e. The van der Waals surface area contributed by atoms with E-state index in [-0.39, 0.29) is 56.4 Å². The Morgan fingerprint density at radius 2 is 1.96 bits per heavy atom. The van der Waals surface area contributed by atoms with Crippen molar-refractivity contribution in [1.29, 1.82) is 0 Å². The number of benzene rings is 1. The number of esters is 1. The molecule has 0 spiro atoms. The maximum Gasteiger partial charge on any atom is 0.306 e. The number of amides is 2. The van der Waals surface area contributed by atoms with E-state index in [9.17, 15) is 27.6 Å². The van der Waals surface area contributed by atoms with E-state index in [0.717, 1.165) is 16.3 Å². The van der Waals surface area contributed by atoms with Crippen molar-refractivity contribution in [3.8, 4) is 5.88 Å². The largest absolute Gasteiger partial charge is 0.472 e. The van der Waals surface area contributed by atoms with E-state index in [1.54, 1.807) is 12.3 Å². The van der Waals surface area contributed by atoms with E-state index in [0.29, 0.717) is 25.1 Å². The number of rotatable bonds is 7. The van der Waals surface area contributed by atoms with Crippen LogP contribution in [-0.2, 0) is 33.9 Å². The molecule has 48 heavy (non-hydrogen) atoms. The number of hydrogen-bond acceptors (Lipinski definition) is 9. The van der Waals surface area contributed by atoms with Crippen LogP contribution in [-0.4, -0.2) is 72.4 Å². The Hall–Kier alpha value is -4.06. The molecule has 3 fully saturated rings. The van der Waals surface area contributed by atoms with Crippen LogP contribution in [0.4, 0.5) is 0 Å². The van der Waals surface area contributed by atoms with Gasteiger partial charge in [-0.25, -0.2) is 13.4 Å². The summed E-state index contributed by atoms with van der Waals surface area (Å²) >= 11 is 0. The summed E-state index contributed by atoms with van der Waals surface area (Å²) in [6.07, 6.45) is 7.93. The third kappa shape index (κ3) is 6.90. The molecule has 2 amide bonds. The minimum absolute atomic E-state index is 0.0642. The molecule has 0 radical (unpaired) electrons. The number of pyridine rings is 1. The van der Waals surface area contributed by atoms with E-state index in [1.165, 1.54) is 4.90 Å². The first-order chi connectivity index (χ1) is 22.7. The molecule has 5 atom stereocenters. The molecule has 2 aromatic rings. The van der Waals surface area contributed by atoms with Gasteiger partial charge in [0.25, 0.3) is 0 Å². The summed E-state index contributed by atoms with van der Waals surface area (Å²) in [6, 6.07) is 6.79. The average Bonchev–Trinajstić information content (AvgIpc) is 3.95. The molecule has 1 saturated heterocycles. The molecule has 4 bridgehead atoms. The Morgan fingerprint density at radius 1 is 1.19 bits per heavy atom. The second kappa shape index (κ2) is 12.8. The lowest BCUT2D eigenvalue weighted by atomic mass is 9.77. The van der Waals surface area contributed by atoms with E-state index in [2.05, 4.69) is 16.3 Å². The molecular formula is C36H43N3O8S. The van der Waals surface area contributed by atoms with Crippen LogP contribution in [0.15, 0.2) is 49.2 Å². The number of fused-ring (bicyclic) bond motifs is 3. The van der Waals surface area contributed by atoms with Crippen LogP contribution in [0, 0.1) is 22.7 Å². The molecular weight excluding hydrogens is 634 g/mol. The second-order valence-corrected chi connectivity index (χ2v) is 16.6. The van der Waals surface area contributed by atoms with Gasteiger partial charge in [-0.1, -0.05) is 51.1 Å². The van der Waals surface area contributed by atoms with Gasteiger partial charge < -0.3 is 14.4 Å². The number of nitrogens with one attached hydrogen (secondary N) is 1. The van der Waals surface area contributed by atoms with Crippen LogP contribution in [0.2, 0.25) is 0 Å². The standard InChI is InChI=1S/C36H43N3O8S/c1-5-24-19-36(24,34(43)38-48(44,45)26-11-12-26)20-30(40)29-17-25-21-39(29)33(42)28(35(2,3)4)18-31(41)46-15-7-6-8-22-9-10-23-13-14-37-32(47-25)27(23)16-22/h5-6,8-10,13-14,16,24-26,28-29H,1,7,11-12,15,17-21H2,2-4H3,(H,38,43)/b8-6+/t24-,25+,28+,29-,36+/m0/s1. The van der Waals surface area contributed by atoms with Crippen molar-refractivity contribution >= 4 is 50.4 Å². The number of carbonyl (C=O) groups excluding carboxylic acids is 4. The van der Waals surface area contributed by atoms with Gasteiger partial charge in [-0.3, -0.25) is 23.9 Å². The van der Waals surface area contributed by atoms with E-state index in [1.807, 2.05) is 57.2 Å². The molecule has 3 heterocycles. The summed E-state index contributed by atoms with van der Waals surface area (Å²) in [5.74, 6) is -2.78. The highest BCUT2D eigenvalue weighted by Crippen LogP contribution is 2.57. The van der Waals surface area contributed by atoms with E-state index < -0.39 is 56.0 Å². The van der Waals surface area contributed by atoms with Crippen LogP contribution < -0.4 is 9.46 Å². The highest BCUT2D eigenvalue weighted by atomic mass is 32.2. The molecule has 6 rings (SSSR count). The van der Waals surface area contributed by atoms with Crippen molar-refractivity contribution < 1.29 is 37.1 Å². The number of nitrogens with zero attached hydrogens (tertiary/aromatic N) is 2. The van der Waals surface area contributed by atoms with Gasteiger partial charge >= 0.3 is 5.97 Å². The summed E-state index contributed by atoms with van der Waals surface area (Å²) in [5.41, 5.74) is -1.01. The molecule has 11 nitrogen and oxygen atoms in total. The Labute approximate surface area is 281 Å². The third-order valence-electron chi connectivity index (χ3n) is 10.1. The lowest BCUT2D eigenvalue weighted by Gasteiger charge is -2.34. The van der Waals surface area contributed by atoms with E-state index in [4.69, 9.17) is 9.47 Å². The van der Waals surface area contributed by atoms with Gasteiger partial charge in [-0.15, -0.1) is 6.58 Å². The number of ether oxygens (including phenoxy) is 2. The van der Waals surface area contributed by atoms with Crippen molar-refractivity contribution in [2.45, 2.75) is 83.1 Å². The zero-order valence-electron chi connectivity index (χ0n) is 27.6. The maximum atomic E-state index is 14.4. The SMILES string of the molecule is C=C[C@H]1C[C@]1(CC(=O)[C@@H]1C[C@@H]2CN1C(=O)[C@H](C(C)(C)C)CC(=O)OCC/C=C/c1ccc3ccnc(c3c1)O2)C(=O)NS(=O)(=O)C1CC1. The lowest BCUT2D eigenvalue weighted by molar-refractivity contribution is -0.153. The van der Waals surface area contributed by atoms with Gasteiger partial charge in [0.15, 0.2) is 5.78 Å². The Morgan fingerprint density at radius 3 is 2.65 bits per heavy atom. The number of aromatic nitrogens is 1. The smallest absolute Gasteiger partial charge is 0.306 e. The molecule has 0 unspecified atom stereocenters. The van der Waals surface area contributed by atoms with Crippen LogP contribution >= 0.6 is 0 Å². The van der Waals surface area contributed by atoms with E-state index >= 15 is 0 Å². The van der Waals surface area contributed by atoms with Gasteiger partial charge in [-0.2, -0.15) is 0 Å². The molecule has 2 aliphatic carbocycles. The van der Waals surface area contributed by atoms with Gasteiger partial charge in [0.05, 0.1) is 42.2 Å². The number of ketones is 1. The molecule has 4 aliphatic rings. The van der Waals surface area contributed by atoms with Crippen LogP contribution in [0.25, 0.3) is 16.8 Å². The first-order valence-electron chi connectivity index (χ1n) is 16.6. The zero-order chi connectivity index (χ0) is 34.4. The highest BCUT2D eigenvalue weighted by Gasteiger charge is 2.61. The number of allylic oxidation sites excluding steroid dienone is 1. The van der Waals surface area contributed by atoms with Gasteiger partial charge in [0.2, 0.25) is 27.7 Å². The zero-order valence-corrected chi connectivity index (χ0v) is 28.5.